The molecule has 0 saturated carbocycles. The third-order valence-electron chi connectivity index (χ3n) is 2.47. The lowest BCUT2D eigenvalue weighted by Gasteiger charge is -1.96. The molecular formula is C12H16N2. The molecule has 1 unspecified atom stereocenters. The number of hydrogen-bond acceptors (Lipinski definition) is 1. The molecule has 0 radical (unpaired) electrons. The van der Waals surface area contributed by atoms with Crippen LogP contribution in [0.4, 0.5) is 0 Å². The van der Waals surface area contributed by atoms with Gasteiger partial charge >= 0.3 is 0 Å². The van der Waals surface area contributed by atoms with Crippen molar-refractivity contribution in [3.05, 3.63) is 29.9 Å². The van der Waals surface area contributed by atoms with Crippen LogP contribution in [-0.2, 0) is 0 Å². The molecule has 14 heavy (non-hydrogen) atoms. The van der Waals surface area contributed by atoms with Gasteiger partial charge in [0.1, 0.15) is 5.82 Å². The second kappa shape index (κ2) is 3.45. The molecule has 1 aromatic rings. The minimum atomic E-state index is 0.494. The predicted octanol–water partition coefficient (Wildman–Crippen LogP) is 3.14. The number of imidazole rings is 1. The predicted molar refractivity (Wildman–Crippen MR) is 59.8 cm³/mol. The Hall–Kier alpha value is -1.31. The number of hydrogen-bond donors (Lipinski definition) is 0. The first kappa shape index (κ1) is 9.25. The third-order valence-corrected chi connectivity index (χ3v) is 2.47. The molecule has 2 heteroatoms. The molecule has 0 saturated heterocycles. The molecule has 0 N–H and O–H groups in total. The highest BCUT2D eigenvalue weighted by molar-refractivity contribution is 5.50. The van der Waals surface area contributed by atoms with Gasteiger partial charge in [-0.25, -0.2) is 4.98 Å². The smallest absolute Gasteiger partial charge is 0.136 e. The van der Waals surface area contributed by atoms with E-state index >= 15 is 0 Å². The van der Waals surface area contributed by atoms with E-state index in [9.17, 15) is 0 Å². The maximum absolute atomic E-state index is 4.57. The molecule has 0 fully saturated rings. The van der Waals surface area contributed by atoms with Crippen LogP contribution in [-0.4, -0.2) is 9.55 Å². The van der Waals surface area contributed by atoms with Crippen LogP contribution in [0.15, 0.2) is 18.3 Å². The topological polar surface area (TPSA) is 17.8 Å². The summed E-state index contributed by atoms with van der Waals surface area (Å²) in [6.45, 7) is 6.50. The van der Waals surface area contributed by atoms with Crippen LogP contribution in [0.1, 0.15) is 38.2 Å². The molecule has 2 rings (SSSR count). The molecule has 0 aromatic carbocycles. The minimum Gasteiger partial charge on any atom is -0.307 e. The Morgan fingerprint density at radius 2 is 2.14 bits per heavy atom. The highest BCUT2D eigenvalue weighted by Crippen LogP contribution is 2.18. The van der Waals surface area contributed by atoms with Crippen molar-refractivity contribution in [2.75, 3.05) is 0 Å². The molecule has 74 valence electrons. The van der Waals surface area contributed by atoms with Crippen molar-refractivity contribution < 1.29 is 0 Å². The van der Waals surface area contributed by atoms with E-state index in [1.807, 2.05) is 0 Å². The van der Waals surface area contributed by atoms with Crippen LogP contribution in [0.25, 0.3) is 12.3 Å². The fourth-order valence-corrected chi connectivity index (χ4v) is 1.48. The Bertz CT molecular complexity index is 352. The highest BCUT2D eigenvalue weighted by Gasteiger charge is 2.08. The summed E-state index contributed by atoms with van der Waals surface area (Å²) in [4.78, 5) is 4.57. The number of fused-ring (bicyclic) bond motifs is 1. The van der Waals surface area contributed by atoms with Gasteiger partial charge in [0.05, 0.1) is 5.69 Å². The zero-order chi connectivity index (χ0) is 10.1. The molecule has 0 spiro atoms. The Morgan fingerprint density at radius 3 is 2.86 bits per heavy atom. The molecule has 1 aromatic heterocycles. The first-order valence-corrected chi connectivity index (χ1v) is 5.12. The summed E-state index contributed by atoms with van der Waals surface area (Å²) in [6.07, 6.45) is 10.7. The van der Waals surface area contributed by atoms with Crippen molar-refractivity contribution >= 4 is 12.3 Å². The van der Waals surface area contributed by atoms with Crippen LogP contribution in [0, 0.1) is 5.92 Å². The van der Waals surface area contributed by atoms with E-state index in [-0.39, 0.29) is 0 Å². The SMILES string of the molecule is CC1C=Cc2nc(C(C)C)cn2C=C1. The van der Waals surface area contributed by atoms with Gasteiger partial charge in [0.2, 0.25) is 0 Å². The van der Waals surface area contributed by atoms with Crippen molar-refractivity contribution in [3.8, 4) is 0 Å². The average Bonchev–Trinajstić information content (AvgIpc) is 2.48. The summed E-state index contributed by atoms with van der Waals surface area (Å²) in [5.74, 6) is 2.03. The number of allylic oxidation sites excluding steroid dienone is 2. The zero-order valence-electron chi connectivity index (χ0n) is 8.94. The van der Waals surface area contributed by atoms with E-state index in [4.69, 9.17) is 0 Å². The minimum absolute atomic E-state index is 0.494. The molecule has 1 aliphatic heterocycles. The lowest BCUT2D eigenvalue weighted by Crippen LogP contribution is -1.86. The van der Waals surface area contributed by atoms with Crippen molar-refractivity contribution in [2.24, 2.45) is 5.92 Å². The Labute approximate surface area is 85.0 Å². The van der Waals surface area contributed by atoms with Gasteiger partial charge in [-0.2, -0.15) is 0 Å². The number of aromatic nitrogens is 2. The molecule has 1 aliphatic rings. The standard InChI is InChI=1S/C12H16N2/c1-9(2)11-8-14-7-6-10(3)4-5-12(14)13-11/h4-10H,1-3H3. The lowest BCUT2D eigenvalue weighted by molar-refractivity contribution is 0.831. The summed E-state index contributed by atoms with van der Waals surface area (Å²) in [6, 6.07) is 0. The van der Waals surface area contributed by atoms with Crippen LogP contribution >= 0.6 is 0 Å². The molecule has 1 atom stereocenters. The fraction of sp³-hybridized carbons (Fsp3) is 0.417. The third kappa shape index (κ3) is 1.65. The van der Waals surface area contributed by atoms with Gasteiger partial charge in [-0.15, -0.1) is 0 Å². The number of nitrogens with zero attached hydrogens (tertiary/aromatic N) is 2. The first-order chi connectivity index (χ1) is 6.66. The molecule has 2 nitrogen and oxygen atoms in total. The molecule has 0 amide bonds. The first-order valence-electron chi connectivity index (χ1n) is 5.12. The maximum atomic E-state index is 4.57. The Balaban J connectivity index is 2.41. The van der Waals surface area contributed by atoms with Gasteiger partial charge in [-0.1, -0.05) is 32.9 Å². The van der Waals surface area contributed by atoms with E-state index in [0.717, 1.165) is 11.5 Å². The average molecular weight is 188 g/mol. The van der Waals surface area contributed by atoms with Crippen LogP contribution < -0.4 is 0 Å². The van der Waals surface area contributed by atoms with Crippen molar-refractivity contribution in [1.29, 1.82) is 0 Å². The normalized spacial score (nSPS) is 19.9. The molecule has 0 aliphatic carbocycles. The van der Waals surface area contributed by atoms with Gasteiger partial charge in [0.15, 0.2) is 0 Å². The van der Waals surface area contributed by atoms with Crippen molar-refractivity contribution in [1.82, 2.24) is 9.55 Å². The van der Waals surface area contributed by atoms with Crippen LogP contribution in [0.5, 0.6) is 0 Å². The van der Waals surface area contributed by atoms with Gasteiger partial charge in [-0.3, -0.25) is 0 Å². The Morgan fingerprint density at radius 1 is 1.36 bits per heavy atom. The summed E-state index contributed by atoms with van der Waals surface area (Å²) in [7, 11) is 0. The molecular weight excluding hydrogens is 172 g/mol. The Kier molecular flexibility index (Phi) is 2.28. The quantitative estimate of drug-likeness (QED) is 0.662. The number of rotatable bonds is 1. The summed E-state index contributed by atoms with van der Waals surface area (Å²) in [5, 5.41) is 0. The van der Waals surface area contributed by atoms with Crippen LogP contribution in [0.3, 0.4) is 0 Å². The van der Waals surface area contributed by atoms with E-state index in [1.165, 1.54) is 0 Å². The van der Waals surface area contributed by atoms with Crippen molar-refractivity contribution in [3.63, 3.8) is 0 Å². The van der Waals surface area contributed by atoms with Gasteiger partial charge in [0.25, 0.3) is 0 Å². The van der Waals surface area contributed by atoms with Gasteiger partial charge in [0, 0.05) is 12.4 Å². The fourth-order valence-electron chi connectivity index (χ4n) is 1.48. The van der Waals surface area contributed by atoms with E-state index < -0.39 is 0 Å². The molecule has 2 heterocycles. The second-order valence-corrected chi connectivity index (χ2v) is 4.15. The van der Waals surface area contributed by atoms with E-state index in [2.05, 4.69) is 60.9 Å². The largest absolute Gasteiger partial charge is 0.307 e. The van der Waals surface area contributed by atoms with Gasteiger partial charge < -0.3 is 4.57 Å². The van der Waals surface area contributed by atoms with E-state index in [0.29, 0.717) is 11.8 Å². The highest BCUT2D eigenvalue weighted by atomic mass is 15.1. The van der Waals surface area contributed by atoms with E-state index in [1.54, 1.807) is 0 Å². The summed E-state index contributed by atoms with van der Waals surface area (Å²) >= 11 is 0. The second-order valence-electron chi connectivity index (χ2n) is 4.15. The van der Waals surface area contributed by atoms with Gasteiger partial charge in [-0.05, 0) is 17.9 Å². The monoisotopic (exact) mass is 188 g/mol. The zero-order valence-corrected chi connectivity index (χ0v) is 8.94. The summed E-state index contributed by atoms with van der Waals surface area (Å²) < 4.78 is 2.09. The molecule has 0 bridgehead atoms. The summed E-state index contributed by atoms with van der Waals surface area (Å²) in [5.41, 5.74) is 1.16. The maximum Gasteiger partial charge on any atom is 0.136 e. The lowest BCUT2D eigenvalue weighted by atomic mass is 10.1. The van der Waals surface area contributed by atoms with Crippen LogP contribution in [0.2, 0.25) is 0 Å². The van der Waals surface area contributed by atoms with Crippen molar-refractivity contribution in [2.45, 2.75) is 26.7 Å².